The summed E-state index contributed by atoms with van der Waals surface area (Å²) in [6, 6.07) is 3.67. The van der Waals surface area contributed by atoms with Gasteiger partial charge in [-0.05, 0) is 37.8 Å². The predicted molar refractivity (Wildman–Crippen MR) is 95.4 cm³/mol. The van der Waals surface area contributed by atoms with Crippen LogP contribution in [0.1, 0.15) is 34.8 Å². The molecule has 1 fully saturated rings. The molecule has 0 aromatic carbocycles. The van der Waals surface area contributed by atoms with Crippen LogP contribution in [0.5, 0.6) is 0 Å². The molecule has 0 saturated carbocycles. The van der Waals surface area contributed by atoms with Crippen molar-refractivity contribution in [2.45, 2.75) is 26.2 Å². The van der Waals surface area contributed by atoms with Gasteiger partial charge in [-0.15, -0.1) is 0 Å². The molecular weight excluding hydrogens is 330 g/mol. The number of carbonyl (C=O) groups excluding carboxylic acids is 1. The summed E-state index contributed by atoms with van der Waals surface area (Å²) in [5.41, 5.74) is 1.99. The van der Waals surface area contributed by atoms with E-state index in [-0.39, 0.29) is 5.91 Å². The lowest BCUT2D eigenvalue weighted by Crippen LogP contribution is -2.39. The van der Waals surface area contributed by atoms with Gasteiger partial charge in [-0.1, -0.05) is 5.16 Å². The molecule has 0 atom stereocenters. The van der Waals surface area contributed by atoms with Gasteiger partial charge >= 0.3 is 0 Å². The molecule has 4 heterocycles. The average Bonchev–Trinajstić information content (AvgIpc) is 3.32. The summed E-state index contributed by atoms with van der Waals surface area (Å²) in [4.78, 5) is 26.5. The summed E-state index contributed by atoms with van der Waals surface area (Å²) in [5, 5.41) is 4.10. The third-order valence-electron chi connectivity index (χ3n) is 4.97. The molecular formula is C19H21N5O2. The lowest BCUT2D eigenvalue weighted by molar-refractivity contribution is 0.0689. The number of aryl methyl sites for hydroxylation is 1. The van der Waals surface area contributed by atoms with Gasteiger partial charge in [0, 0.05) is 49.9 Å². The summed E-state index contributed by atoms with van der Waals surface area (Å²) in [5.74, 6) is 2.12. The van der Waals surface area contributed by atoms with Crippen LogP contribution < -0.4 is 0 Å². The van der Waals surface area contributed by atoms with Gasteiger partial charge in [0.1, 0.15) is 22.8 Å². The van der Waals surface area contributed by atoms with Gasteiger partial charge < -0.3 is 14.4 Å². The second-order valence-corrected chi connectivity index (χ2v) is 6.67. The van der Waals surface area contributed by atoms with E-state index in [0.29, 0.717) is 22.9 Å². The molecule has 1 aliphatic heterocycles. The van der Waals surface area contributed by atoms with Crippen molar-refractivity contribution in [3.8, 4) is 11.3 Å². The van der Waals surface area contributed by atoms with Crippen LogP contribution in [-0.4, -0.2) is 44.0 Å². The van der Waals surface area contributed by atoms with Gasteiger partial charge in [0.05, 0.1) is 0 Å². The Labute approximate surface area is 151 Å². The van der Waals surface area contributed by atoms with Gasteiger partial charge in [0.2, 0.25) is 0 Å². The maximum Gasteiger partial charge on any atom is 0.259 e. The number of rotatable bonds is 4. The first-order chi connectivity index (χ1) is 12.7. The molecule has 7 heteroatoms. The van der Waals surface area contributed by atoms with Crippen molar-refractivity contribution in [3.63, 3.8) is 0 Å². The Hall–Kier alpha value is -2.96. The molecule has 3 aromatic heterocycles. The number of aromatic nitrogens is 4. The Morgan fingerprint density at radius 3 is 2.73 bits per heavy atom. The Morgan fingerprint density at radius 2 is 2.04 bits per heavy atom. The molecule has 1 saturated heterocycles. The van der Waals surface area contributed by atoms with Crippen molar-refractivity contribution in [1.82, 2.24) is 25.0 Å². The van der Waals surface area contributed by atoms with E-state index in [1.165, 1.54) is 0 Å². The lowest BCUT2D eigenvalue weighted by Gasteiger charge is -2.31. The minimum Gasteiger partial charge on any atom is -0.360 e. The van der Waals surface area contributed by atoms with E-state index in [4.69, 9.17) is 4.52 Å². The number of nitrogens with zero attached hydrogens (tertiary/aromatic N) is 4. The highest BCUT2D eigenvalue weighted by atomic mass is 16.5. The van der Waals surface area contributed by atoms with Gasteiger partial charge in [0.15, 0.2) is 0 Å². The molecule has 7 nitrogen and oxygen atoms in total. The van der Waals surface area contributed by atoms with Crippen molar-refractivity contribution >= 4 is 5.91 Å². The van der Waals surface area contributed by atoms with Crippen molar-refractivity contribution in [2.75, 3.05) is 13.1 Å². The van der Waals surface area contributed by atoms with E-state index in [9.17, 15) is 4.79 Å². The Balaban J connectivity index is 1.47. The van der Waals surface area contributed by atoms with E-state index >= 15 is 0 Å². The molecule has 4 rings (SSSR count). The number of aromatic amines is 1. The molecule has 0 radical (unpaired) electrons. The number of imidazole rings is 1. The topological polar surface area (TPSA) is 87.9 Å². The first-order valence-electron chi connectivity index (χ1n) is 8.86. The fourth-order valence-corrected chi connectivity index (χ4v) is 3.51. The van der Waals surface area contributed by atoms with Crippen LogP contribution in [0.2, 0.25) is 0 Å². The fourth-order valence-electron chi connectivity index (χ4n) is 3.51. The van der Waals surface area contributed by atoms with Crippen molar-refractivity contribution < 1.29 is 9.32 Å². The first kappa shape index (κ1) is 16.5. The Morgan fingerprint density at radius 1 is 1.27 bits per heavy atom. The average molecular weight is 351 g/mol. The highest BCUT2D eigenvalue weighted by Crippen LogP contribution is 2.28. The third kappa shape index (κ3) is 3.24. The van der Waals surface area contributed by atoms with Crippen LogP contribution in [0.3, 0.4) is 0 Å². The third-order valence-corrected chi connectivity index (χ3v) is 4.97. The van der Waals surface area contributed by atoms with Crippen molar-refractivity contribution in [1.29, 1.82) is 0 Å². The summed E-state index contributed by atoms with van der Waals surface area (Å²) in [6.45, 7) is 3.27. The van der Waals surface area contributed by atoms with Gasteiger partial charge in [-0.25, -0.2) is 4.98 Å². The number of pyridine rings is 1. The second-order valence-electron chi connectivity index (χ2n) is 6.67. The number of carbonyl (C=O) groups is 1. The summed E-state index contributed by atoms with van der Waals surface area (Å²) in [6.07, 6.45) is 9.89. The number of H-pyrrole nitrogens is 1. The number of piperidine rings is 1. The van der Waals surface area contributed by atoms with Crippen molar-refractivity contribution in [3.05, 3.63) is 54.1 Å². The molecule has 0 aliphatic carbocycles. The SMILES string of the molecule is Cc1onc(-c2ccncc2)c1C(=O)N1CCC(Cc2ncc[nH]2)CC1. The fraction of sp³-hybridized carbons (Fsp3) is 0.368. The van der Waals surface area contributed by atoms with Gasteiger partial charge in [-0.2, -0.15) is 0 Å². The highest BCUT2D eigenvalue weighted by molar-refractivity contribution is 6.00. The van der Waals surface area contributed by atoms with Crippen LogP contribution in [0.4, 0.5) is 0 Å². The van der Waals surface area contributed by atoms with E-state index in [1.54, 1.807) is 25.5 Å². The van der Waals surface area contributed by atoms with E-state index in [2.05, 4.69) is 20.1 Å². The molecule has 134 valence electrons. The zero-order valence-corrected chi connectivity index (χ0v) is 14.7. The Bertz CT molecular complexity index is 865. The molecule has 0 spiro atoms. The minimum absolute atomic E-state index is 0.00740. The van der Waals surface area contributed by atoms with E-state index in [1.807, 2.05) is 23.2 Å². The molecule has 3 aromatic rings. The monoisotopic (exact) mass is 351 g/mol. The second kappa shape index (κ2) is 7.11. The molecule has 0 bridgehead atoms. The van der Waals surface area contributed by atoms with Crippen LogP contribution in [-0.2, 0) is 6.42 Å². The smallest absolute Gasteiger partial charge is 0.259 e. The molecule has 1 N–H and O–H groups in total. The van der Waals surface area contributed by atoms with Crippen LogP contribution in [0, 0.1) is 12.8 Å². The summed E-state index contributed by atoms with van der Waals surface area (Å²) in [7, 11) is 0. The number of hydrogen-bond acceptors (Lipinski definition) is 5. The Kier molecular flexibility index (Phi) is 4.51. The standard InChI is InChI=1S/C19H21N5O2/c1-13-17(18(23-26-13)15-2-6-20-7-3-15)19(25)24-10-4-14(5-11-24)12-16-21-8-9-22-16/h2-3,6-9,14H,4-5,10-12H2,1H3,(H,21,22). The van der Waals surface area contributed by atoms with E-state index < -0.39 is 0 Å². The summed E-state index contributed by atoms with van der Waals surface area (Å²) >= 11 is 0. The van der Waals surface area contributed by atoms with Crippen LogP contribution in [0.15, 0.2) is 41.4 Å². The number of amides is 1. The number of hydrogen-bond donors (Lipinski definition) is 1. The van der Waals surface area contributed by atoms with Gasteiger partial charge in [0.25, 0.3) is 5.91 Å². The van der Waals surface area contributed by atoms with Crippen LogP contribution in [0.25, 0.3) is 11.3 Å². The predicted octanol–water partition coefficient (Wildman–Crippen LogP) is 2.86. The first-order valence-corrected chi connectivity index (χ1v) is 8.86. The molecule has 26 heavy (non-hydrogen) atoms. The molecule has 0 unspecified atom stereocenters. The number of nitrogens with one attached hydrogen (secondary N) is 1. The van der Waals surface area contributed by atoms with E-state index in [0.717, 1.165) is 43.7 Å². The zero-order chi connectivity index (χ0) is 17.9. The van der Waals surface area contributed by atoms with Crippen LogP contribution >= 0.6 is 0 Å². The van der Waals surface area contributed by atoms with Gasteiger partial charge in [-0.3, -0.25) is 9.78 Å². The zero-order valence-electron chi connectivity index (χ0n) is 14.7. The summed E-state index contributed by atoms with van der Waals surface area (Å²) < 4.78 is 5.32. The maximum absolute atomic E-state index is 13.1. The largest absolute Gasteiger partial charge is 0.360 e. The maximum atomic E-state index is 13.1. The quantitative estimate of drug-likeness (QED) is 0.781. The minimum atomic E-state index is -0.00740. The highest BCUT2D eigenvalue weighted by Gasteiger charge is 2.29. The lowest BCUT2D eigenvalue weighted by atomic mass is 9.92. The molecule has 1 aliphatic rings. The number of likely N-dealkylation sites (tertiary alicyclic amines) is 1. The van der Waals surface area contributed by atoms with Crippen molar-refractivity contribution in [2.24, 2.45) is 5.92 Å². The normalized spacial score (nSPS) is 15.3. The molecule has 1 amide bonds.